The van der Waals surface area contributed by atoms with Crippen LogP contribution in [0.25, 0.3) is 0 Å². The van der Waals surface area contributed by atoms with Crippen LogP contribution in [0, 0.1) is 0 Å². The molecule has 0 aliphatic rings. The molecule has 0 radical (unpaired) electrons. The first-order chi connectivity index (χ1) is 7.79. The van der Waals surface area contributed by atoms with Crippen molar-refractivity contribution in [2.75, 3.05) is 7.11 Å². The first kappa shape index (κ1) is 11.2. The third-order valence-corrected chi connectivity index (χ3v) is 2.95. The van der Waals surface area contributed by atoms with Crippen molar-refractivity contribution >= 4 is 14.5 Å². The van der Waals surface area contributed by atoms with Crippen LogP contribution in [0.3, 0.4) is 0 Å². The molecule has 1 unspecified atom stereocenters. The largest absolute Gasteiger partial charge is 0.496 e. The first-order valence-corrected chi connectivity index (χ1v) is 5.83. The van der Waals surface area contributed by atoms with Crippen LogP contribution in [0.1, 0.15) is 11.1 Å². The van der Waals surface area contributed by atoms with E-state index in [1.54, 1.807) is 7.11 Å². The van der Waals surface area contributed by atoms with Crippen molar-refractivity contribution in [1.82, 2.24) is 0 Å². The number of benzene rings is 2. The summed E-state index contributed by atoms with van der Waals surface area (Å²) in [4.78, 5) is 0. The zero-order chi connectivity index (χ0) is 11.4. The van der Waals surface area contributed by atoms with E-state index in [-0.39, 0.29) is 0 Å². The van der Waals surface area contributed by atoms with Gasteiger partial charge in [-0.05, 0) is 22.5 Å². The zero-order valence-electron chi connectivity index (χ0n) is 9.31. The van der Waals surface area contributed by atoms with Gasteiger partial charge in [0.25, 0.3) is 0 Å². The summed E-state index contributed by atoms with van der Waals surface area (Å²) < 4.78 is 5.34. The van der Waals surface area contributed by atoms with Crippen LogP contribution in [0.4, 0.5) is 0 Å². The van der Waals surface area contributed by atoms with Gasteiger partial charge in [0.15, 0.2) is 0 Å². The predicted molar refractivity (Wildman–Crippen MR) is 71.6 cm³/mol. The van der Waals surface area contributed by atoms with Crippen molar-refractivity contribution in [2.24, 2.45) is 0 Å². The lowest BCUT2D eigenvalue weighted by atomic mass is 10.0. The molecular weight excluding hydrogens is 215 g/mol. The summed E-state index contributed by atoms with van der Waals surface area (Å²) in [5.41, 5.74) is 2.53. The van der Waals surface area contributed by atoms with Gasteiger partial charge in [0.1, 0.15) is 5.75 Å². The second-order valence-electron chi connectivity index (χ2n) is 3.73. The number of hydrogen-bond donors (Lipinski definition) is 0. The Kier molecular flexibility index (Phi) is 3.58. The number of ether oxygens (including phenoxy) is 1. The number of methoxy groups -OCH3 is 1. The molecule has 16 heavy (non-hydrogen) atoms. The highest BCUT2D eigenvalue weighted by Crippen LogP contribution is 2.20. The molecule has 0 heterocycles. The maximum Gasteiger partial charge on any atom is 0.122 e. The lowest BCUT2D eigenvalue weighted by molar-refractivity contribution is 0.410. The molecule has 0 bridgehead atoms. The molecule has 0 spiro atoms. The number of hydrogen-bond acceptors (Lipinski definition) is 1. The molecule has 2 rings (SSSR count). The predicted octanol–water partition coefficient (Wildman–Crippen LogP) is 2.79. The van der Waals surface area contributed by atoms with E-state index < -0.39 is 0 Å². The Morgan fingerprint density at radius 1 is 1.00 bits per heavy atom. The molecule has 82 valence electrons. The molecular formula is C14H15OP. The molecule has 0 saturated heterocycles. The summed E-state index contributed by atoms with van der Waals surface area (Å²) in [6.45, 7) is 0. The number of para-hydroxylation sites is 1. The molecule has 2 heteroatoms. The highest BCUT2D eigenvalue weighted by atomic mass is 31.0. The Hall–Kier alpha value is -1.33. The van der Waals surface area contributed by atoms with Crippen LogP contribution in [-0.4, -0.2) is 7.11 Å². The normalized spacial score (nSPS) is 10.1. The van der Waals surface area contributed by atoms with Gasteiger partial charge in [0.05, 0.1) is 7.11 Å². The fourth-order valence-corrected chi connectivity index (χ4v) is 1.90. The minimum Gasteiger partial charge on any atom is -0.496 e. The Bertz CT molecular complexity index is 462. The van der Waals surface area contributed by atoms with E-state index in [9.17, 15) is 0 Å². The van der Waals surface area contributed by atoms with E-state index in [1.807, 2.05) is 18.2 Å². The smallest absolute Gasteiger partial charge is 0.122 e. The van der Waals surface area contributed by atoms with Gasteiger partial charge in [-0.1, -0.05) is 42.5 Å². The third kappa shape index (κ3) is 2.62. The molecule has 0 aromatic heterocycles. The van der Waals surface area contributed by atoms with E-state index in [2.05, 4.69) is 39.6 Å². The van der Waals surface area contributed by atoms with Gasteiger partial charge in [-0.15, -0.1) is 9.24 Å². The fraction of sp³-hybridized carbons (Fsp3) is 0.143. The molecule has 1 nitrogen and oxygen atoms in total. The third-order valence-electron chi connectivity index (χ3n) is 2.57. The maximum absolute atomic E-state index is 5.34. The fourth-order valence-electron chi connectivity index (χ4n) is 1.70. The molecule has 2 aromatic carbocycles. The van der Waals surface area contributed by atoms with Crippen LogP contribution in [0.5, 0.6) is 5.75 Å². The summed E-state index contributed by atoms with van der Waals surface area (Å²) in [5.74, 6) is 0.956. The van der Waals surface area contributed by atoms with E-state index >= 15 is 0 Å². The van der Waals surface area contributed by atoms with Crippen molar-refractivity contribution in [3.63, 3.8) is 0 Å². The lowest BCUT2D eigenvalue weighted by Crippen LogP contribution is -1.95. The standard InChI is InChI=1S/C14H15OP/c1-15-14-5-3-2-4-12(14)10-11-6-8-13(16)9-7-11/h2-9H,10,16H2,1H3. The van der Waals surface area contributed by atoms with Crippen LogP contribution in [0.2, 0.25) is 0 Å². The topological polar surface area (TPSA) is 9.23 Å². The van der Waals surface area contributed by atoms with Gasteiger partial charge in [0.2, 0.25) is 0 Å². The molecule has 0 N–H and O–H groups in total. The van der Waals surface area contributed by atoms with Gasteiger partial charge < -0.3 is 4.74 Å². The molecule has 0 amide bonds. The highest BCUT2D eigenvalue weighted by Gasteiger charge is 2.02. The van der Waals surface area contributed by atoms with Gasteiger partial charge >= 0.3 is 0 Å². The molecule has 0 aliphatic heterocycles. The minimum absolute atomic E-state index is 0.912. The van der Waals surface area contributed by atoms with Crippen molar-refractivity contribution in [3.05, 3.63) is 59.7 Å². The summed E-state index contributed by atoms with van der Waals surface area (Å²) in [7, 11) is 4.41. The van der Waals surface area contributed by atoms with E-state index in [0.717, 1.165) is 12.2 Å². The van der Waals surface area contributed by atoms with Gasteiger partial charge in [-0.2, -0.15) is 0 Å². The Balaban J connectivity index is 2.23. The second kappa shape index (κ2) is 5.14. The monoisotopic (exact) mass is 230 g/mol. The van der Waals surface area contributed by atoms with Crippen molar-refractivity contribution in [2.45, 2.75) is 6.42 Å². The molecule has 0 aliphatic carbocycles. The summed E-state index contributed by atoms with van der Waals surface area (Å²) >= 11 is 0. The van der Waals surface area contributed by atoms with Crippen molar-refractivity contribution in [3.8, 4) is 5.75 Å². The minimum atomic E-state index is 0.912. The van der Waals surface area contributed by atoms with Crippen molar-refractivity contribution < 1.29 is 4.74 Å². The summed E-state index contributed by atoms with van der Waals surface area (Å²) in [5, 5.41) is 1.21. The summed E-state index contributed by atoms with van der Waals surface area (Å²) in [6, 6.07) is 16.7. The number of rotatable bonds is 3. The molecule has 2 aromatic rings. The van der Waals surface area contributed by atoms with Crippen LogP contribution in [0.15, 0.2) is 48.5 Å². The Morgan fingerprint density at radius 2 is 1.69 bits per heavy atom. The first-order valence-electron chi connectivity index (χ1n) is 5.26. The van der Waals surface area contributed by atoms with E-state index in [0.29, 0.717) is 0 Å². The Morgan fingerprint density at radius 3 is 2.38 bits per heavy atom. The van der Waals surface area contributed by atoms with Gasteiger partial charge in [-0.25, -0.2) is 0 Å². The molecule has 1 atom stereocenters. The van der Waals surface area contributed by atoms with E-state index in [1.165, 1.54) is 16.4 Å². The Labute approximate surface area is 98.7 Å². The second-order valence-corrected chi connectivity index (χ2v) is 4.40. The van der Waals surface area contributed by atoms with Gasteiger partial charge in [-0.3, -0.25) is 0 Å². The maximum atomic E-state index is 5.34. The highest BCUT2D eigenvalue weighted by molar-refractivity contribution is 7.27. The summed E-state index contributed by atoms with van der Waals surface area (Å²) in [6.07, 6.45) is 0.912. The van der Waals surface area contributed by atoms with Crippen LogP contribution < -0.4 is 10.0 Å². The lowest BCUT2D eigenvalue weighted by Gasteiger charge is -2.08. The van der Waals surface area contributed by atoms with Gasteiger partial charge in [0, 0.05) is 6.42 Å². The zero-order valence-corrected chi connectivity index (χ0v) is 10.5. The SMILES string of the molecule is COc1ccccc1Cc1ccc(P)cc1. The molecule has 0 fully saturated rings. The van der Waals surface area contributed by atoms with Crippen LogP contribution >= 0.6 is 9.24 Å². The quantitative estimate of drug-likeness (QED) is 0.737. The average Bonchev–Trinajstić information content (AvgIpc) is 2.33. The van der Waals surface area contributed by atoms with Crippen molar-refractivity contribution in [1.29, 1.82) is 0 Å². The van der Waals surface area contributed by atoms with Crippen LogP contribution in [-0.2, 0) is 6.42 Å². The van der Waals surface area contributed by atoms with E-state index in [4.69, 9.17) is 4.74 Å². The molecule has 0 saturated carbocycles. The average molecular weight is 230 g/mol.